The first-order valence-electron chi connectivity index (χ1n) is 8.77. The van der Waals surface area contributed by atoms with Crippen molar-refractivity contribution >= 4 is 22.5 Å². The van der Waals surface area contributed by atoms with E-state index in [1.165, 1.54) is 17.8 Å². The number of benzene rings is 1. The molecule has 134 valence electrons. The summed E-state index contributed by atoms with van der Waals surface area (Å²) in [7, 11) is 0. The van der Waals surface area contributed by atoms with Crippen LogP contribution in [0.3, 0.4) is 0 Å². The second-order valence-electron chi connectivity index (χ2n) is 6.43. The molecule has 6 nitrogen and oxygen atoms in total. The number of pyridine rings is 1. The number of rotatable bonds is 4. The predicted octanol–water partition coefficient (Wildman–Crippen LogP) is 2.74. The minimum absolute atomic E-state index is 0.157. The number of piperazine rings is 1. The lowest BCUT2D eigenvalue weighted by atomic mass is 10.1. The van der Waals surface area contributed by atoms with Gasteiger partial charge in [0.05, 0.1) is 18.6 Å². The van der Waals surface area contributed by atoms with Crippen molar-refractivity contribution in [3.05, 3.63) is 54.7 Å². The highest BCUT2D eigenvalue weighted by molar-refractivity contribution is 5.91. The monoisotopic (exact) mass is 352 g/mol. The van der Waals surface area contributed by atoms with E-state index < -0.39 is 5.82 Å². The van der Waals surface area contributed by atoms with Gasteiger partial charge in [0, 0.05) is 37.8 Å². The van der Waals surface area contributed by atoms with E-state index in [1.807, 2.05) is 24.4 Å². The van der Waals surface area contributed by atoms with Crippen LogP contribution in [0.4, 0.5) is 16.2 Å². The van der Waals surface area contributed by atoms with Gasteiger partial charge in [-0.3, -0.25) is 4.90 Å². The van der Waals surface area contributed by atoms with Crippen molar-refractivity contribution in [2.75, 3.05) is 36.4 Å². The molecular weight excluding hydrogens is 331 g/mol. The second-order valence-corrected chi connectivity index (χ2v) is 6.43. The molecule has 1 unspecified atom stereocenters. The van der Waals surface area contributed by atoms with Crippen LogP contribution in [0, 0.1) is 5.82 Å². The number of halogens is 1. The number of nitrogens with one attached hydrogen (secondary N) is 1. The van der Waals surface area contributed by atoms with Gasteiger partial charge < -0.3 is 10.2 Å². The van der Waals surface area contributed by atoms with Gasteiger partial charge in [0.25, 0.3) is 0 Å². The van der Waals surface area contributed by atoms with Gasteiger partial charge in [-0.25, -0.2) is 19.3 Å². The maximum atomic E-state index is 13.0. The third-order valence-electron chi connectivity index (χ3n) is 4.77. The van der Waals surface area contributed by atoms with Crippen molar-refractivity contribution in [1.82, 2.24) is 19.9 Å². The maximum absolute atomic E-state index is 13.0. The molecule has 26 heavy (non-hydrogen) atoms. The van der Waals surface area contributed by atoms with Gasteiger partial charge in [-0.15, -0.1) is 0 Å². The average Bonchev–Trinajstić information content (AvgIpc) is 2.69. The van der Waals surface area contributed by atoms with Gasteiger partial charge in [0.15, 0.2) is 5.82 Å². The van der Waals surface area contributed by atoms with E-state index in [0.29, 0.717) is 5.95 Å². The van der Waals surface area contributed by atoms with Crippen molar-refractivity contribution in [3.8, 4) is 0 Å². The third kappa shape index (κ3) is 3.43. The molecule has 0 spiro atoms. The van der Waals surface area contributed by atoms with Gasteiger partial charge in [-0.2, -0.15) is 0 Å². The number of fused-ring (bicyclic) bond motifs is 1. The standard InChI is InChI=1S/C19H21FN6/c1-14(24-18-17-5-3-2-4-15(17)6-7-21-18)25-8-10-26(11-9-25)19-22-12-16(20)13-23-19/h2-7,12-14H,8-11H2,1H3,(H,21,24). The summed E-state index contributed by atoms with van der Waals surface area (Å²) in [5, 5.41) is 5.83. The normalized spacial score (nSPS) is 16.6. The first-order valence-corrected chi connectivity index (χ1v) is 8.77. The Hall–Kier alpha value is -2.80. The minimum atomic E-state index is -0.409. The zero-order chi connectivity index (χ0) is 17.9. The summed E-state index contributed by atoms with van der Waals surface area (Å²) in [5.41, 5.74) is 0. The lowest BCUT2D eigenvalue weighted by molar-refractivity contribution is 0.214. The van der Waals surface area contributed by atoms with Crippen LogP contribution in [-0.2, 0) is 0 Å². The maximum Gasteiger partial charge on any atom is 0.225 e. The molecule has 3 heterocycles. The average molecular weight is 352 g/mol. The highest BCUT2D eigenvalue weighted by Gasteiger charge is 2.23. The second kappa shape index (κ2) is 7.21. The van der Waals surface area contributed by atoms with Crippen LogP contribution in [0.25, 0.3) is 10.8 Å². The van der Waals surface area contributed by atoms with Gasteiger partial charge >= 0.3 is 0 Å². The number of anilines is 2. The van der Waals surface area contributed by atoms with Crippen LogP contribution < -0.4 is 10.2 Å². The first-order chi connectivity index (χ1) is 12.7. The Balaban J connectivity index is 1.40. The molecule has 1 N–H and O–H groups in total. The Bertz CT molecular complexity index is 871. The van der Waals surface area contributed by atoms with Crippen LogP contribution in [0.2, 0.25) is 0 Å². The Labute approximate surface area is 151 Å². The fourth-order valence-electron chi connectivity index (χ4n) is 3.30. The van der Waals surface area contributed by atoms with Crippen LogP contribution in [0.5, 0.6) is 0 Å². The van der Waals surface area contributed by atoms with E-state index in [-0.39, 0.29) is 6.17 Å². The van der Waals surface area contributed by atoms with E-state index in [4.69, 9.17) is 0 Å². The van der Waals surface area contributed by atoms with Gasteiger partial charge in [0.1, 0.15) is 5.82 Å². The number of hydrogen-bond donors (Lipinski definition) is 1. The molecule has 7 heteroatoms. The molecular formula is C19H21FN6. The molecule has 0 bridgehead atoms. The van der Waals surface area contributed by atoms with Crippen molar-refractivity contribution in [2.24, 2.45) is 0 Å². The highest BCUT2D eigenvalue weighted by atomic mass is 19.1. The summed E-state index contributed by atoms with van der Waals surface area (Å²) in [6, 6.07) is 10.3. The van der Waals surface area contributed by atoms with Gasteiger partial charge in [-0.05, 0) is 18.4 Å². The van der Waals surface area contributed by atoms with Crippen molar-refractivity contribution in [1.29, 1.82) is 0 Å². The summed E-state index contributed by atoms with van der Waals surface area (Å²) >= 11 is 0. The van der Waals surface area contributed by atoms with Crippen LogP contribution in [-0.4, -0.2) is 52.2 Å². The molecule has 4 rings (SSSR count). The lowest BCUT2D eigenvalue weighted by Gasteiger charge is -2.38. The molecule has 2 aromatic heterocycles. The molecule has 1 aliphatic heterocycles. The first kappa shape index (κ1) is 16.7. The minimum Gasteiger partial charge on any atom is -0.354 e. The molecule has 1 aliphatic rings. The van der Waals surface area contributed by atoms with E-state index >= 15 is 0 Å². The van der Waals surface area contributed by atoms with Crippen molar-refractivity contribution < 1.29 is 4.39 Å². The number of nitrogens with zero attached hydrogens (tertiary/aromatic N) is 5. The van der Waals surface area contributed by atoms with E-state index in [9.17, 15) is 4.39 Å². The summed E-state index contributed by atoms with van der Waals surface area (Å²) in [5.74, 6) is 1.08. The molecule has 1 atom stereocenters. The van der Waals surface area contributed by atoms with Crippen LogP contribution >= 0.6 is 0 Å². The molecule has 1 fully saturated rings. The molecule has 3 aromatic rings. The Kier molecular flexibility index (Phi) is 4.62. The summed E-state index contributed by atoms with van der Waals surface area (Å²) in [6.07, 6.45) is 4.42. The number of aromatic nitrogens is 3. The lowest BCUT2D eigenvalue weighted by Crippen LogP contribution is -2.52. The molecule has 0 radical (unpaired) electrons. The summed E-state index contributed by atoms with van der Waals surface area (Å²) < 4.78 is 13.0. The fourth-order valence-corrected chi connectivity index (χ4v) is 3.30. The van der Waals surface area contributed by atoms with Crippen molar-refractivity contribution in [2.45, 2.75) is 13.1 Å². The van der Waals surface area contributed by atoms with E-state index in [0.717, 1.165) is 37.4 Å². The molecule has 0 amide bonds. The fraction of sp³-hybridized carbons (Fsp3) is 0.316. The Morgan fingerprint density at radius 2 is 1.73 bits per heavy atom. The zero-order valence-corrected chi connectivity index (χ0v) is 14.6. The number of hydrogen-bond acceptors (Lipinski definition) is 6. The van der Waals surface area contributed by atoms with Crippen LogP contribution in [0.1, 0.15) is 6.92 Å². The topological polar surface area (TPSA) is 57.2 Å². The van der Waals surface area contributed by atoms with Gasteiger partial charge in [-0.1, -0.05) is 24.3 Å². The molecule has 0 saturated carbocycles. The largest absolute Gasteiger partial charge is 0.354 e. The van der Waals surface area contributed by atoms with Crippen LogP contribution in [0.15, 0.2) is 48.9 Å². The van der Waals surface area contributed by atoms with E-state index in [1.54, 1.807) is 0 Å². The molecule has 1 aromatic carbocycles. The third-order valence-corrected chi connectivity index (χ3v) is 4.77. The highest BCUT2D eigenvalue weighted by Crippen LogP contribution is 2.22. The molecule has 1 saturated heterocycles. The van der Waals surface area contributed by atoms with Crippen molar-refractivity contribution in [3.63, 3.8) is 0 Å². The predicted molar refractivity (Wildman–Crippen MR) is 101 cm³/mol. The smallest absolute Gasteiger partial charge is 0.225 e. The van der Waals surface area contributed by atoms with Gasteiger partial charge in [0.2, 0.25) is 5.95 Å². The quantitative estimate of drug-likeness (QED) is 0.779. The Morgan fingerprint density at radius 3 is 2.50 bits per heavy atom. The SMILES string of the molecule is CC(Nc1nccc2ccccc12)N1CCN(c2ncc(F)cn2)CC1. The summed E-state index contributed by atoms with van der Waals surface area (Å²) in [4.78, 5) is 17.1. The Morgan fingerprint density at radius 1 is 1.00 bits per heavy atom. The van der Waals surface area contributed by atoms with E-state index in [2.05, 4.69) is 49.1 Å². The molecule has 0 aliphatic carbocycles. The zero-order valence-electron chi connectivity index (χ0n) is 14.6. The summed E-state index contributed by atoms with van der Waals surface area (Å²) in [6.45, 7) is 5.51.